The first-order chi connectivity index (χ1) is 5.31. The summed E-state index contributed by atoms with van der Waals surface area (Å²) in [5.41, 5.74) is 0. The van der Waals surface area contributed by atoms with Gasteiger partial charge in [0.25, 0.3) is 0 Å². The lowest BCUT2D eigenvalue weighted by Gasteiger charge is -2.03. The van der Waals surface area contributed by atoms with E-state index in [0.717, 1.165) is 32.1 Å². The second-order valence-electron chi connectivity index (χ2n) is 2.68. The molecule has 1 atom stereocenters. The molecule has 1 N–H and O–H groups in total. The SMILES string of the molecule is OCCCCCCC(Cl)CCl. The number of alkyl halides is 2. The number of unbranched alkanes of at least 4 members (excludes halogenated alkanes) is 3. The lowest BCUT2D eigenvalue weighted by Crippen LogP contribution is -1.99. The van der Waals surface area contributed by atoms with Gasteiger partial charge in [0, 0.05) is 17.9 Å². The van der Waals surface area contributed by atoms with E-state index in [2.05, 4.69) is 0 Å². The lowest BCUT2D eigenvalue weighted by molar-refractivity contribution is 0.282. The van der Waals surface area contributed by atoms with Crippen LogP contribution in [-0.2, 0) is 0 Å². The summed E-state index contributed by atoms with van der Waals surface area (Å²) in [5, 5.41) is 8.60. The minimum atomic E-state index is 0.130. The van der Waals surface area contributed by atoms with Crippen LogP contribution in [0.25, 0.3) is 0 Å². The highest BCUT2D eigenvalue weighted by molar-refractivity contribution is 6.28. The van der Waals surface area contributed by atoms with Crippen molar-refractivity contribution in [1.29, 1.82) is 0 Å². The molecule has 1 unspecified atom stereocenters. The average molecular weight is 199 g/mol. The van der Waals surface area contributed by atoms with E-state index >= 15 is 0 Å². The Morgan fingerprint density at radius 3 is 2.27 bits per heavy atom. The number of hydrogen-bond donors (Lipinski definition) is 1. The standard InChI is InChI=1S/C8H16Cl2O/c9-7-8(10)5-3-1-2-4-6-11/h8,11H,1-7H2. The van der Waals surface area contributed by atoms with E-state index in [9.17, 15) is 0 Å². The van der Waals surface area contributed by atoms with Crippen LogP contribution in [0.3, 0.4) is 0 Å². The van der Waals surface area contributed by atoms with Crippen molar-refractivity contribution in [1.82, 2.24) is 0 Å². The molecule has 1 nitrogen and oxygen atoms in total. The molecule has 0 radical (unpaired) electrons. The van der Waals surface area contributed by atoms with Gasteiger partial charge in [-0.2, -0.15) is 0 Å². The van der Waals surface area contributed by atoms with E-state index in [1.807, 2.05) is 0 Å². The van der Waals surface area contributed by atoms with Gasteiger partial charge in [0.05, 0.1) is 0 Å². The minimum absolute atomic E-state index is 0.130. The number of rotatable bonds is 7. The second kappa shape index (κ2) is 8.63. The fraction of sp³-hybridized carbons (Fsp3) is 1.00. The van der Waals surface area contributed by atoms with E-state index in [4.69, 9.17) is 28.3 Å². The van der Waals surface area contributed by atoms with Crippen molar-refractivity contribution < 1.29 is 5.11 Å². The zero-order valence-corrected chi connectivity index (χ0v) is 8.24. The molecular formula is C8H16Cl2O. The number of aliphatic hydroxyl groups is 1. The summed E-state index contributed by atoms with van der Waals surface area (Å²) >= 11 is 11.3. The summed E-state index contributed by atoms with van der Waals surface area (Å²) in [6, 6.07) is 0. The highest BCUT2D eigenvalue weighted by Gasteiger charge is 2.00. The molecule has 0 aromatic heterocycles. The van der Waals surface area contributed by atoms with Crippen LogP contribution in [0.1, 0.15) is 32.1 Å². The Bertz CT molecular complexity index is 78.5. The molecule has 0 aliphatic carbocycles. The van der Waals surface area contributed by atoms with E-state index in [1.165, 1.54) is 0 Å². The molecule has 0 aliphatic rings. The molecule has 0 aliphatic heterocycles. The fourth-order valence-electron chi connectivity index (χ4n) is 0.908. The summed E-state index contributed by atoms with van der Waals surface area (Å²) in [6.45, 7) is 0.305. The van der Waals surface area contributed by atoms with Crippen LogP contribution in [0, 0.1) is 0 Å². The Labute approximate surface area is 78.7 Å². The molecule has 3 heteroatoms. The van der Waals surface area contributed by atoms with Gasteiger partial charge in [0.2, 0.25) is 0 Å². The zero-order chi connectivity index (χ0) is 8.53. The van der Waals surface area contributed by atoms with Gasteiger partial charge in [-0.3, -0.25) is 0 Å². The van der Waals surface area contributed by atoms with E-state index in [0.29, 0.717) is 12.5 Å². The molecule has 0 spiro atoms. The van der Waals surface area contributed by atoms with Crippen molar-refractivity contribution in [3.63, 3.8) is 0 Å². The van der Waals surface area contributed by atoms with Gasteiger partial charge in [-0.15, -0.1) is 23.2 Å². The maximum Gasteiger partial charge on any atom is 0.0471 e. The molecule has 0 aromatic rings. The van der Waals surface area contributed by atoms with Gasteiger partial charge in [0.15, 0.2) is 0 Å². The Morgan fingerprint density at radius 1 is 1.09 bits per heavy atom. The molecular weight excluding hydrogens is 183 g/mol. The summed E-state index contributed by atoms with van der Waals surface area (Å²) < 4.78 is 0. The van der Waals surface area contributed by atoms with Crippen molar-refractivity contribution >= 4 is 23.2 Å². The Hall–Kier alpha value is 0.540. The van der Waals surface area contributed by atoms with Crippen LogP contribution in [-0.4, -0.2) is 23.0 Å². The third-order valence-electron chi connectivity index (χ3n) is 1.59. The minimum Gasteiger partial charge on any atom is -0.396 e. The molecule has 0 rings (SSSR count). The van der Waals surface area contributed by atoms with Crippen LogP contribution in [0.5, 0.6) is 0 Å². The van der Waals surface area contributed by atoms with Crippen LogP contribution < -0.4 is 0 Å². The Balaban J connectivity index is 2.89. The number of aliphatic hydroxyl groups excluding tert-OH is 1. The van der Waals surface area contributed by atoms with E-state index < -0.39 is 0 Å². The zero-order valence-electron chi connectivity index (χ0n) is 6.73. The van der Waals surface area contributed by atoms with Crippen molar-refractivity contribution in [2.45, 2.75) is 37.5 Å². The third kappa shape index (κ3) is 8.45. The smallest absolute Gasteiger partial charge is 0.0471 e. The quantitative estimate of drug-likeness (QED) is 0.493. The normalized spacial score (nSPS) is 13.4. The average Bonchev–Trinajstić information content (AvgIpc) is 2.04. The molecule has 0 amide bonds. The molecule has 11 heavy (non-hydrogen) atoms. The number of halogens is 2. The van der Waals surface area contributed by atoms with E-state index in [-0.39, 0.29) is 5.38 Å². The molecule has 0 saturated heterocycles. The molecule has 0 saturated carbocycles. The van der Waals surface area contributed by atoms with E-state index in [1.54, 1.807) is 0 Å². The van der Waals surface area contributed by atoms with Crippen molar-refractivity contribution in [2.24, 2.45) is 0 Å². The van der Waals surface area contributed by atoms with Crippen molar-refractivity contribution in [2.75, 3.05) is 12.5 Å². The maximum absolute atomic E-state index is 8.47. The predicted octanol–water partition coefficient (Wildman–Crippen LogP) is 2.78. The number of hydrogen-bond acceptors (Lipinski definition) is 1. The summed E-state index contributed by atoms with van der Waals surface area (Å²) in [5.74, 6) is 0.543. The van der Waals surface area contributed by atoms with Crippen LogP contribution in [0.15, 0.2) is 0 Å². The van der Waals surface area contributed by atoms with Crippen LogP contribution in [0.2, 0.25) is 0 Å². The first kappa shape index (κ1) is 11.5. The molecule has 0 bridgehead atoms. The first-order valence-corrected chi connectivity index (χ1v) is 5.09. The van der Waals surface area contributed by atoms with Crippen molar-refractivity contribution in [3.05, 3.63) is 0 Å². The van der Waals surface area contributed by atoms with Gasteiger partial charge in [-0.1, -0.05) is 19.3 Å². The van der Waals surface area contributed by atoms with Gasteiger partial charge in [-0.25, -0.2) is 0 Å². The van der Waals surface area contributed by atoms with Gasteiger partial charge < -0.3 is 5.11 Å². The topological polar surface area (TPSA) is 20.2 Å². The summed E-state index contributed by atoms with van der Waals surface area (Å²) in [6.07, 6.45) is 5.29. The maximum atomic E-state index is 8.47. The lowest BCUT2D eigenvalue weighted by atomic mass is 10.1. The molecule has 68 valence electrons. The van der Waals surface area contributed by atoms with Crippen LogP contribution >= 0.6 is 23.2 Å². The fourth-order valence-corrected chi connectivity index (χ4v) is 1.22. The first-order valence-electron chi connectivity index (χ1n) is 4.12. The Morgan fingerprint density at radius 2 is 1.73 bits per heavy atom. The monoisotopic (exact) mass is 198 g/mol. The summed E-state index contributed by atoms with van der Waals surface area (Å²) in [4.78, 5) is 0. The molecule has 0 heterocycles. The third-order valence-corrected chi connectivity index (χ3v) is 2.50. The second-order valence-corrected chi connectivity index (χ2v) is 3.60. The van der Waals surface area contributed by atoms with Gasteiger partial charge in [0.1, 0.15) is 0 Å². The van der Waals surface area contributed by atoms with Gasteiger partial charge >= 0.3 is 0 Å². The largest absolute Gasteiger partial charge is 0.396 e. The summed E-state index contributed by atoms with van der Waals surface area (Å²) in [7, 11) is 0. The molecule has 0 aromatic carbocycles. The van der Waals surface area contributed by atoms with Crippen LogP contribution in [0.4, 0.5) is 0 Å². The molecule has 0 fully saturated rings. The predicted molar refractivity (Wildman–Crippen MR) is 50.5 cm³/mol. The Kier molecular flexibility index (Phi) is 9.06. The highest BCUT2D eigenvalue weighted by atomic mass is 35.5. The van der Waals surface area contributed by atoms with Crippen molar-refractivity contribution in [3.8, 4) is 0 Å². The highest BCUT2D eigenvalue weighted by Crippen LogP contribution is 2.10. The van der Waals surface area contributed by atoms with Gasteiger partial charge in [-0.05, 0) is 12.8 Å².